The first-order chi connectivity index (χ1) is 16.4. The Hall–Kier alpha value is -3.29. The van der Waals surface area contributed by atoms with Crippen LogP contribution in [0.1, 0.15) is 52.6 Å². The van der Waals surface area contributed by atoms with Gasteiger partial charge in [-0.2, -0.15) is 0 Å². The zero-order valence-corrected chi connectivity index (χ0v) is 20.7. The van der Waals surface area contributed by atoms with E-state index in [0.717, 1.165) is 45.3 Å². The number of amides is 1. The molecule has 4 aromatic rings. The Labute approximate surface area is 207 Å². The summed E-state index contributed by atoms with van der Waals surface area (Å²) in [7, 11) is 0. The fraction of sp³-hybridized carbons (Fsp3) is 0.231. The van der Waals surface area contributed by atoms with E-state index in [9.17, 15) is 4.79 Å². The quantitative estimate of drug-likeness (QED) is 0.369. The number of benzene rings is 2. The average molecular weight is 490 g/mol. The molecule has 1 unspecified atom stereocenters. The minimum Gasteiger partial charge on any atom is -0.326 e. The molecule has 0 radical (unpaired) electrons. The van der Waals surface area contributed by atoms with Crippen molar-refractivity contribution in [3.8, 4) is 5.00 Å². The molecule has 34 heavy (non-hydrogen) atoms. The van der Waals surface area contributed by atoms with Gasteiger partial charge in [-0.15, -0.1) is 21.5 Å². The Morgan fingerprint density at radius 2 is 1.82 bits per heavy atom. The number of hydrogen-bond acceptors (Lipinski definition) is 5. The van der Waals surface area contributed by atoms with E-state index in [2.05, 4.69) is 33.1 Å². The number of carbonyl (C=O) groups is 1. The van der Waals surface area contributed by atoms with E-state index in [1.54, 1.807) is 11.3 Å². The van der Waals surface area contributed by atoms with Crippen LogP contribution < -0.4 is 5.32 Å². The first-order valence-electron chi connectivity index (χ1n) is 11.2. The molecule has 0 bridgehead atoms. The van der Waals surface area contributed by atoms with Crippen molar-refractivity contribution in [3.63, 3.8) is 0 Å². The molecule has 0 saturated heterocycles. The summed E-state index contributed by atoms with van der Waals surface area (Å²) in [5, 5.41) is 13.5. The SMILES string of the molecule is CCc1cc2c(s1)-n1c(C)nnc1C(CC(=O)Nc1ccc(C)cc1)N=C2c1ccc(Cl)cc1. The molecule has 5 rings (SSSR count). The van der Waals surface area contributed by atoms with Gasteiger partial charge in [-0.3, -0.25) is 14.4 Å². The smallest absolute Gasteiger partial charge is 0.227 e. The number of aryl methyl sites for hydroxylation is 3. The van der Waals surface area contributed by atoms with Gasteiger partial charge in [0.15, 0.2) is 5.82 Å². The van der Waals surface area contributed by atoms with Crippen LogP contribution in [0.4, 0.5) is 5.69 Å². The van der Waals surface area contributed by atoms with Crippen LogP contribution in [0.3, 0.4) is 0 Å². The van der Waals surface area contributed by atoms with E-state index >= 15 is 0 Å². The van der Waals surface area contributed by atoms with Crippen LogP contribution in [-0.2, 0) is 11.2 Å². The van der Waals surface area contributed by atoms with Gasteiger partial charge in [0.05, 0.1) is 12.1 Å². The molecule has 0 fully saturated rings. The molecule has 172 valence electrons. The highest BCUT2D eigenvalue weighted by Gasteiger charge is 2.31. The number of aromatic nitrogens is 3. The molecule has 3 heterocycles. The van der Waals surface area contributed by atoms with Crippen molar-refractivity contribution in [2.24, 2.45) is 4.99 Å². The van der Waals surface area contributed by atoms with Crippen LogP contribution in [0.2, 0.25) is 5.02 Å². The molecule has 1 atom stereocenters. The molecule has 6 nitrogen and oxygen atoms in total. The van der Waals surface area contributed by atoms with E-state index in [1.165, 1.54) is 4.88 Å². The first kappa shape index (κ1) is 22.5. The topological polar surface area (TPSA) is 72.2 Å². The molecule has 0 saturated carbocycles. The Morgan fingerprint density at radius 3 is 2.53 bits per heavy atom. The normalized spacial score (nSPS) is 14.7. The van der Waals surface area contributed by atoms with Gasteiger partial charge < -0.3 is 5.32 Å². The summed E-state index contributed by atoms with van der Waals surface area (Å²) in [6.07, 6.45) is 1.07. The van der Waals surface area contributed by atoms with E-state index in [4.69, 9.17) is 16.6 Å². The highest BCUT2D eigenvalue weighted by atomic mass is 35.5. The number of nitrogens with zero attached hydrogens (tertiary/aromatic N) is 4. The lowest BCUT2D eigenvalue weighted by Gasteiger charge is -2.13. The first-order valence-corrected chi connectivity index (χ1v) is 12.4. The van der Waals surface area contributed by atoms with Gasteiger partial charge in [0, 0.05) is 26.7 Å². The molecule has 1 N–H and O–H groups in total. The lowest BCUT2D eigenvalue weighted by Crippen LogP contribution is -2.17. The minimum absolute atomic E-state index is 0.125. The second-order valence-corrected chi connectivity index (χ2v) is 9.90. The Bertz CT molecular complexity index is 1390. The maximum atomic E-state index is 13.0. The Morgan fingerprint density at radius 1 is 1.09 bits per heavy atom. The molecular formula is C26H24ClN5OS. The lowest BCUT2D eigenvalue weighted by atomic mass is 10.0. The molecule has 2 aromatic heterocycles. The maximum Gasteiger partial charge on any atom is 0.227 e. The predicted molar refractivity (Wildman–Crippen MR) is 138 cm³/mol. The highest BCUT2D eigenvalue weighted by molar-refractivity contribution is 7.15. The molecule has 2 aromatic carbocycles. The lowest BCUT2D eigenvalue weighted by molar-refractivity contribution is -0.116. The Balaban J connectivity index is 1.59. The van der Waals surface area contributed by atoms with Crippen LogP contribution >= 0.6 is 22.9 Å². The van der Waals surface area contributed by atoms with E-state index < -0.39 is 6.04 Å². The zero-order valence-electron chi connectivity index (χ0n) is 19.2. The number of hydrogen-bond donors (Lipinski definition) is 1. The Kier molecular flexibility index (Phi) is 6.06. The summed E-state index contributed by atoms with van der Waals surface area (Å²) >= 11 is 7.87. The number of halogens is 1. The van der Waals surface area contributed by atoms with Crippen molar-refractivity contribution in [3.05, 3.63) is 92.8 Å². The van der Waals surface area contributed by atoms with Gasteiger partial charge in [0.1, 0.15) is 16.9 Å². The number of fused-ring (bicyclic) bond motifs is 3. The second kappa shape index (κ2) is 9.16. The van der Waals surface area contributed by atoms with Crippen LogP contribution in [0.15, 0.2) is 59.6 Å². The van der Waals surface area contributed by atoms with Gasteiger partial charge in [0.25, 0.3) is 0 Å². The summed E-state index contributed by atoms with van der Waals surface area (Å²) in [6.45, 7) is 6.09. The number of thiophene rings is 1. The fourth-order valence-electron chi connectivity index (χ4n) is 4.07. The van der Waals surface area contributed by atoms with Gasteiger partial charge in [-0.05, 0) is 50.6 Å². The number of rotatable bonds is 5. The summed E-state index contributed by atoms with van der Waals surface area (Å²) in [5.74, 6) is 1.32. The third kappa shape index (κ3) is 4.29. The molecule has 1 aliphatic heterocycles. The van der Waals surface area contributed by atoms with Gasteiger partial charge >= 0.3 is 0 Å². The van der Waals surface area contributed by atoms with Crippen LogP contribution in [0, 0.1) is 13.8 Å². The molecule has 1 aliphatic rings. The van der Waals surface area contributed by atoms with Crippen LogP contribution in [-0.4, -0.2) is 26.4 Å². The predicted octanol–water partition coefficient (Wildman–Crippen LogP) is 6.08. The average Bonchev–Trinajstić information content (AvgIpc) is 3.39. The van der Waals surface area contributed by atoms with Crippen molar-refractivity contribution in [1.82, 2.24) is 14.8 Å². The number of anilines is 1. The fourth-order valence-corrected chi connectivity index (χ4v) is 5.35. The van der Waals surface area contributed by atoms with Crippen LogP contribution in [0.5, 0.6) is 0 Å². The van der Waals surface area contributed by atoms with E-state index in [0.29, 0.717) is 10.8 Å². The van der Waals surface area contributed by atoms with Gasteiger partial charge in [-0.25, -0.2) is 0 Å². The number of nitrogens with one attached hydrogen (secondary N) is 1. The molecule has 0 aliphatic carbocycles. The van der Waals surface area contributed by atoms with Crippen molar-refractivity contribution in [2.45, 2.75) is 39.7 Å². The van der Waals surface area contributed by atoms with Gasteiger partial charge in [-0.1, -0.05) is 48.4 Å². The molecule has 0 spiro atoms. The summed E-state index contributed by atoms with van der Waals surface area (Å²) in [4.78, 5) is 19.4. The summed E-state index contributed by atoms with van der Waals surface area (Å²) in [6, 6.07) is 17.1. The third-order valence-electron chi connectivity index (χ3n) is 5.83. The standard InChI is InChI=1S/C26H24ClN5OS/c1-4-20-13-21-24(17-7-9-18(27)10-8-17)29-22(25-31-30-16(3)32(25)26(21)34-20)14-23(33)28-19-11-5-15(2)6-12-19/h5-13,22H,4,14H2,1-3H3,(H,28,33). The van der Waals surface area contributed by atoms with Crippen LogP contribution in [0.25, 0.3) is 5.00 Å². The summed E-state index contributed by atoms with van der Waals surface area (Å²) in [5.41, 5.74) is 4.71. The van der Waals surface area contributed by atoms with E-state index in [1.807, 2.05) is 62.4 Å². The summed E-state index contributed by atoms with van der Waals surface area (Å²) < 4.78 is 2.05. The van der Waals surface area contributed by atoms with Crippen molar-refractivity contribution >= 4 is 40.2 Å². The number of aliphatic imine (C=N–C) groups is 1. The highest BCUT2D eigenvalue weighted by Crippen LogP contribution is 2.37. The second-order valence-electron chi connectivity index (χ2n) is 8.34. The number of carbonyl (C=O) groups excluding carboxylic acids is 1. The zero-order chi connectivity index (χ0) is 23.8. The largest absolute Gasteiger partial charge is 0.326 e. The van der Waals surface area contributed by atoms with E-state index in [-0.39, 0.29) is 12.3 Å². The third-order valence-corrected chi connectivity index (χ3v) is 7.35. The monoisotopic (exact) mass is 489 g/mol. The van der Waals surface area contributed by atoms with Crippen molar-refractivity contribution < 1.29 is 4.79 Å². The molecular weight excluding hydrogens is 466 g/mol. The van der Waals surface area contributed by atoms with Crippen molar-refractivity contribution in [1.29, 1.82) is 0 Å². The maximum absolute atomic E-state index is 13.0. The van der Waals surface area contributed by atoms with Crippen molar-refractivity contribution in [2.75, 3.05) is 5.32 Å². The molecule has 1 amide bonds. The van der Waals surface area contributed by atoms with Gasteiger partial charge in [0.2, 0.25) is 5.91 Å². The molecule has 8 heteroatoms. The minimum atomic E-state index is -0.484.